The van der Waals surface area contributed by atoms with Crippen LogP contribution in [-0.2, 0) is 14.3 Å². The van der Waals surface area contributed by atoms with E-state index in [0.29, 0.717) is 0 Å². The number of rotatable bonds is 3. The van der Waals surface area contributed by atoms with Crippen LogP contribution in [0.2, 0.25) is 0 Å². The van der Waals surface area contributed by atoms with Crippen LogP contribution in [-0.4, -0.2) is 56.0 Å². The molecular formula is C10H16F3NO3. The van der Waals surface area contributed by atoms with E-state index >= 15 is 0 Å². The standard InChI is InChI=1S/C10H16F3NO3/c1-9(10(11,12)13,7-8(15)16-2)14-3-5-17-6-4-14/h3-7H2,1-2H3. The molecule has 0 aliphatic carbocycles. The normalized spacial score (nSPS) is 21.9. The molecule has 0 saturated carbocycles. The number of halogens is 3. The number of methoxy groups -OCH3 is 1. The monoisotopic (exact) mass is 255 g/mol. The molecule has 1 heterocycles. The molecule has 0 aromatic carbocycles. The van der Waals surface area contributed by atoms with Crippen molar-refractivity contribution in [3.8, 4) is 0 Å². The van der Waals surface area contributed by atoms with E-state index in [1.807, 2.05) is 0 Å². The number of carbonyl (C=O) groups excluding carboxylic acids is 1. The Labute approximate surface area is 97.7 Å². The molecule has 0 aromatic rings. The van der Waals surface area contributed by atoms with Crippen LogP contribution < -0.4 is 0 Å². The minimum absolute atomic E-state index is 0.160. The molecule has 17 heavy (non-hydrogen) atoms. The van der Waals surface area contributed by atoms with Gasteiger partial charge in [-0.3, -0.25) is 9.69 Å². The van der Waals surface area contributed by atoms with Gasteiger partial charge >= 0.3 is 12.1 Å². The van der Waals surface area contributed by atoms with Crippen LogP contribution in [0, 0.1) is 0 Å². The van der Waals surface area contributed by atoms with E-state index in [0.717, 1.165) is 14.0 Å². The number of alkyl halides is 3. The SMILES string of the molecule is COC(=O)CC(C)(N1CCOCC1)C(F)(F)F. The Hall–Kier alpha value is -0.820. The van der Waals surface area contributed by atoms with E-state index in [4.69, 9.17) is 4.74 Å². The van der Waals surface area contributed by atoms with Gasteiger partial charge in [0, 0.05) is 13.1 Å². The molecule has 1 aliphatic heterocycles. The molecule has 0 aromatic heterocycles. The maximum atomic E-state index is 13.1. The van der Waals surface area contributed by atoms with E-state index in [9.17, 15) is 18.0 Å². The molecule has 4 nitrogen and oxygen atoms in total. The summed E-state index contributed by atoms with van der Waals surface area (Å²) in [4.78, 5) is 12.4. The predicted octanol–water partition coefficient (Wildman–Crippen LogP) is 1.20. The third-order valence-electron chi connectivity index (χ3n) is 3.04. The van der Waals surface area contributed by atoms with Crippen molar-refractivity contribution in [3.63, 3.8) is 0 Å². The Morgan fingerprint density at radius 3 is 2.29 bits per heavy atom. The minimum atomic E-state index is -4.49. The van der Waals surface area contributed by atoms with E-state index < -0.39 is 24.1 Å². The maximum absolute atomic E-state index is 13.1. The highest BCUT2D eigenvalue weighted by Gasteiger charge is 2.56. The van der Waals surface area contributed by atoms with Gasteiger partial charge in [0.2, 0.25) is 0 Å². The first-order chi connectivity index (χ1) is 7.81. The summed E-state index contributed by atoms with van der Waals surface area (Å²) in [5.74, 6) is -0.865. The Morgan fingerprint density at radius 2 is 1.88 bits per heavy atom. The topological polar surface area (TPSA) is 38.8 Å². The van der Waals surface area contributed by atoms with Crippen molar-refractivity contribution in [2.75, 3.05) is 33.4 Å². The zero-order valence-corrected chi connectivity index (χ0v) is 9.84. The predicted molar refractivity (Wildman–Crippen MR) is 53.5 cm³/mol. The van der Waals surface area contributed by atoms with Crippen molar-refractivity contribution in [2.24, 2.45) is 0 Å². The fourth-order valence-electron chi connectivity index (χ4n) is 1.80. The summed E-state index contributed by atoms with van der Waals surface area (Å²) in [6.45, 7) is 1.83. The highest BCUT2D eigenvalue weighted by molar-refractivity contribution is 5.70. The number of carbonyl (C=O) groups is 1. The molecule has 0 bridgehead atoms. The van der Waals surface area contributed by atoms with Gasteiger partial charge in [0.05, 0.1) is 26.7 Å². The van der Waals surface area contributed by atoms with Crippen molar-refractivity contribution in [1.82, 2.24) is 4.90 Å². The molecular weight excluding hydrogens is 239 g/mol. The highest BCUT2D eigenvalue weighted by Crippen LogP contribution is 2.38. The summed E-state index contributed by atoms with van der Waals surface area (Å²) in [7, 11) is 1.08. The second kappa shape index (κ2) is 5.22. The molecule has 0 spiro atoms. The summed E-state index contributed by atoms with van der Waals surface area (Å²) >= 11 is 0. The van der Waals surface area contributed by atoms with Crippen molar-refractivity contribution >= 4 is 5.97 Å². The fourth-order valence-corrected chi connectivity index (χ4v) is 1.80. The molecule has 7 heteroatoms. The van der Waals surface area contributed by atoms with Gasteiger partial charge in [0.15, 0.2) is 0 Å². The summed E-state index contributed by atoms with van der Waals surface area (Å²) < 4.78 is 48.6. The van der Waals surface area contributed by atoms with E-state index in [-0.39, 0.29) is 26.3 Å². The number of nitrogens with zero attached hydrogens (tertiary/aromatic N) is 1. The van der Waals surface area contributed by atoms with Crippen LogP contribution >= 0.6 is 0 Å². The molecule has 1 aliphatic rings. The van der Waals surface area contributed by atoms with Gasteiger partial charge in [-0.1, -0.05) is 0 Å². The van der Waals surface area contributed by atoms with Crippen molar-refractivity contribution < 1.29 is 27.4 Å². The Morgan fingerprint density at radius 1 is 1.35 bits per heavy atom. The van der Waals surface area contributed by atoms with Gasteiger partial charge in [-0.25, -0.2) is 0 Å². The van der Waals surface area contributed by atoms with Gasteiger partial charge in [0.25, 0.3) is 0 Å². The molecule has 0 radical (unpaired) electrons. The number of ether oxygens (including phenoxy) is 2. The van der Waals surface area contributed by atoms with Gasteiger partial charge in [0.1, 0.15) is 5.54 Å². The minimum Gasteiger partial charge on any atom is -0.469 e. The molecule has 1 fully saturated rings. The Kier molecular flexibility index (Phi) is 4.37. The lowest BCUT2D eigenvalue weighted by Gasteiger charge is -2.43. The van der Waals surface area contributed by atoms with Gasteiger partial charge < -0.3 is 9.47 Å². The zero-order chi connectivity index (χ0) is 13.1. The fraction of sp³-hybridized carbons (Fsp3) is 0.900. The van der Waals surface area contributed by atoms with Gasteiger partial charge in [-0.15, -0.1) is 0 Å². The van der Waals surface area contributed by atoms with Crippen LogP contribution in [0.3, 0.4) is 0 Å². The first kappa shape index (κ1) is 14.2. The maximum Gasteiger partial charge on any atom is 0.407 e. The van der Waals surface area contributed by atoms with E-state index in [1.165, 1.54) is 4.90 Å². The summed E-state index contributed by atoms with van der Waals surface area (Å²) in [6.07, 6.45) is -5.19. The lowest BCUT2D eigenvalue weighted by molar-refractivity contribution is -0.238. The van der Waals surface area contributed by atoms with Gasteiger partial charge in [-0.2, -0.15) is 13.2 Å². The largest absolute Gasteiger partial charge is 0.469 e. The van der Waals surface area contributed by atoms with Crippen LogP contribution in [0.4, 0.5) is 13.2 Å². The molecule has 1 unspecified atom stereocenters. The third-order valence-corrected chi connectivity index (χ3v) is 3.04. The Bertz CT molecular complexity index is 276. The second-order valence-corrected chi connectivity index (χ2v) is 4.12. The van der Waals surface area contributed by atoms with Crippen LogP contribution in [0.15, 0.2) is 0 Å². The smallest absolute Gasteiger partial charge is 0.407 e. The highest BCUT2D eigenvalue weighted by atomic mass is 19.4. The number of esters is 1. The van der Waals surface area contributed by atoms with Crippen LogP contribution in [0.25, 0.3) is 0 Å². The Balaban J connectivity index is 2.88. The lowest BCUT2D eigenvalue weighted by Crippen LogP contribution is -2.60. The van der Waals surface area contributed by atoms with E-state index in [1.54, 1.807) is 0 Å². The van der Waals surface area contributed by atoms with Crippen molar-refractivity contribution in [1.29, 1.82) is 0 Å². The van der Waals surface area contributed by atoms with Gasteiger partial charge in [-0.05, 0) is 6.92 Å². The van der Waals surface area contributed by atoms with Crippen molar-refractivity contribution in [2.45, 2.75) is 25.1 Å². The molecule has 1 atom stereocenters. The lowest BCUT2D eigenvalue weighted by atomic mass is 9.94. The average molecular weight is 255 g/mol. The number of morpholine rings is 1. The van der Waals surface area contributed by atoms with Crippen LogP contribution in [0.5, 0.6) is 0 Å². The summed E-state index contributed by atoms with van der Waals surface area (Å²) in [5.41, 5.74) is -2.19. The van der Waals surface area contributed by atoms with Crippen molar-refractivity contribution in [3.05, 3.63) is 0 Å². The number of hydrogen-bond acceptors (Lipinski definition) is 4. The molecule has 1 saturated heterocycles. The second-order valence-electron chi connectivity index (χ2n) is 4.12. The zero-order valence-electron chi connectivity index (χ0n) is 9.84. The molecule has 0 N–H and O–H groups in total. The van der Waals surface area contributed by atoms with Crippen LogP contribution in [0.1, 0.15) is 13.3 Å². The average Bonchev–Trinajstić information content (AvgIpc) is 2.28. The van der Waals surface area contributed by atoms with E-state index in [2.05, 4.69) is 4.74 Å². The number of hydrogen-bond donors (Lipinski definition) is 0. The quantitative estimate of drug-likeness (QED) is 0.710. The first-order valence-electron chi connectivity index (χ1n) is 5.27. The summed E-state index contributed by atoms with van der Waals surface area (Å²) in [5, 5.41) is 0. The molecule has 100 valence electrons. The first-order valence-corrected chi connectivity index (χ1v) is 5.27. The third kappa shape index (κ3) is 3.10. The molecule has 0 amide bonds. The summed E-state index contributed by atoms with van der Waals surface area (Å²) in [6, 6.07) is 0. The molecule has 1 rings (SSSR count).